The first-order valence-electron chi connectivity index (χ1n) is 8.07. The summed E-state index contributed by atoms with van der Waals surface area (Å²) in [6, 6.07) is 8.00. The number of fused-ring (bicyclic) bond motifs is 1. The minimum absolute atomic E-state index is 0.0812. The van der Waals surface area contributed by atoms with E-state index in [9.17, 15) is 4.79 Å². The molecule has 0 fully saturated rings. The second-order valence-electron chi connectivity index (χ2n) is 6.46. The van der Waals surface area contributed by atoms with Crippen molar-refractivity contribution in [2.75, 3.05) is 14.1 Å². The Morgan fingerprint density at radius 3 is 2.54 bits per heavy atom. The lowest BCUT2D eigenvalue weighted by Crippen LogP contribution is -2.25. The second-order valence-corrected chi connectivity index (χ2v) is 6.46. The van der Waals surface area contributed by atoms with Gasteiger partial charge < -0.3 is 9.47 Å². The number of likely N-dealkylation sites (N-methyl/N-ethyl adjacent to an activating group) is 1. The van der Waals surface area contributed by atoms with Crippen molar-refractivity contribution in [2.24, 2.45) is 0 Å². The summed E-state index contributed by atoms with van der Waals surface area (Å²) in [5.74, 6) is 1.17. The van der Waals surface area contributed by atoms with Crippen LogP contribution in [0.15, 0.2) is 42.9 Å². The molecule has 3 aromatic rings. The van der Waals surface area contributed by atoms with Crippen LogP contribution in [0, 0.1) is 0 Å². The highest BCUT2D eigenvalue weighted by Crippen LogP contribution is 2.30. The molecule has 0 radical (unpaired) electrons. The quantitative estimate of drug-likeness (QED) is 0.740. The van der Waals surface area contributed by atoms with Gasteiger partial charge in [-0.2, -0.15) is 0 Å². The van der Waals surface area contributed by atoms with Gasteiger partial charge in [-0.3, -0.25) is 4.79 Å². The smallest absolute Gasteiger partial charge is 0.241 e. The van der Waals surface area contributed by atoms with Crippen LogP contribution in [0.3, 0.4) is 0 Å². The van der Waals surface area contributed by atoms with Gasteiger partial charge in [0.25, 0.3) is 0 Å². The molecule has 1 aromatic carbocycles. The van der Waals surface area contributed by atoms with Gasteiger partial charge in [0.2, 0.25) is 5.91 Å². The number of aromatic nitrogens is 3. The highest BCUT2D eigenvalue weighted by molar-refractivity contribution is 5.89. The van der Waals surface area contributed by atoms with Crippen LogP contribution < -0.4 is 0 Å². The Kier molecular flexibility index (Phi) is 4.34. The Labute approximate surface area is 142 Å². The molecule has 2 aromatic heterocycles. The zero-order chi connectivity index (χ0) is 17.3. The lowest BCUT2D eigenvalue weighted by atomic mass is 10.0. The maximum absolute atomic E-state index is 12.1. The number of hydrogen-bond acceptors (Lipinski definition) is 3. The molecular weight excluding hydrogens is 300 g/mol. The number of rotatable bonds is 4. The molecule has 0 aliphatic carbocycles. The molecule has 0 spiro atoms. The van der Waals surface area contributed by atoms with Crippen molar-refractivity contribution in [1.29, 1.82) is 0 Å². The van der Waals surface area contributed by atoms with E-state index in [-0.39, 0.29) is 5.91 Å². The van der Waals surface area contributed by atoms with Crippen molar-refractivity contribution in [3.8, 4) is 11.4 Å². The number of carbonyl (C=O) groups is 1. The van der Waals surface area contributed by atoms with Crippen LogP contribution in [0.4, 0.5) is 0 Å². The molecule has 5 heteroatoms. The zero-order valence-electron chi connectivity index (χ0n) is 14.5. The van der Waals surface area contributed by atoms with Crippen LogP contribution in [-0.2, 0) is 11.3 Å². The second kappa shape index (κ2) is 6.43. The van der Waals surface area contributed by atoms with Crippen LogP contribution in [-0.4, -0.2) is 39.4 Å². The predicted octanol–water partition coefficient (Wildman–Crippen LogP) is 3.31. The third-order valence-electron chi connectivity index (χ3n) is 4.16. The molecule has 2 heterocycles. The summed E-state index contributed by atoms with van der Waals surface area (Å²) in [4.78, 5) is 22.4. The largest absolute Gasteiger partial charge is 0.347 e. The summed E-state index contributed by atoms with van der Waals surface area (Å²) in [6.45, 7) is 4.68. The summed E-state index contributed by atoms with van der Waals surface area (Å²) in [5, 5.41) is 1.15. The van der Waals surface area contributed by atoms with Crippen molar-refractivity contribution in [3.63, 3.8) is 0 Å². The van der Waals surface area contributed by atoms with Gasteiger partial charge in [-0.15, -0.1) is 0 Å². The molecule has 0 aliphatic rings. The van der Waals surface area contributed by atoms with Gasteiger partial charge in [-0.1, -0.05) is 13.8 Å². The van der Waals surface area contributed by atoms with Crippen LogP contribution in [0.1, 0.15) is 25.3 Å². The Balaban J connectivity index is 2.11. The summed E-state index contributed by atoms with van der Waals surface area (Å²) < 4.78 is 2.03. The molecule has 0 bridgehead atoms. The zero-order valence-corrected chi connectivity index (χ0v) is 14.5. The third kappa shape index (κ3) is 3.02. The number of amides is 1. The van der Waals surface area contributed by atoms with Crippen LogP contribution in [0.2, 0.25) is 0 Å². The SMILES string of the molecule is CC(C)c1cn(CC(=O)N(C)C)c2ccc(-c3ncccn3)cc12. The first-order valence-corrected chi connectivity index (χ1v) is 8.07. The lowest BCUT2D eigenvalue weighted by Gasteiger charge is -2.11. The highest BCUT2D eigenvalue weighted by atomic mass is 16.2. The minimum atomic E-state index is 0.0812. The van der Waals surface area contributed by atoms with Gasteiger partial charge in [0.15, 0.2) is 5.82 Å². The number of carbonyl (C=O) groups excluding carboxylic acids is 1. The van der Waals surface area contributed by atoms with E-state index in [2.05, 4.69) is 42.1 Å². The Morgan fingerprint density at radius 2 is 1.92 bits per heavy atom. The number of hydrogen-bond donors (Lipinski definition) is 0. The van der Waals surface area contributed by atoms with Gasteiger partial charge in [0, 0.05) is 49.2 Å². The summed E-state index contributed by atoms with van der Waals surface area (Å²) in [7, 11) is 3.56. The molecule has 124 valence electrons. The molecule has 0 atom stereocenters. The monoisotopic (exact) mass is 322 g/mol. The molecule has 0 saturated carbocycles. The first-order chi connectivity index (χ1) is 11.5. The van der Waals surface area contributed by atoms with E-state index in [0.29, 0.717) is 18.3 Å². The molecule has 24 heavy (non-hydrogen) atoms. The lowest BCUT2D eigenvalue weighted by molar-refractivity contribution is -0.129. The molecule has 0 saturated heterocycles. The summed E-state index contributed by atoms with van der Waals surface area (Å²) in [5.41, 5.74) is 3.28. The minimum Gasteiger partial charge on any atom is -0.347 e. The molecule has 3 rings (SSSR count). The third-order valence-corrected chi connectivity index (χ3v) is 4.16. The van der Waals surface area contributed by atoms with E-state index in [4.69, 9.17) is 0 Å². The van der Waals surface area contributed by atoms with E-state index in [0.717, 1.165) is 16.5 Å². The van der Waals surface area contributed by atoms with Gasteiger partial charge in [0.05, 0.1) is 0 Å². The van der Waals surface area contributed by atoms with Crippen molar-refractivity contribution in [2.45, 2.75) is 26.3 Å². The van der Waals surface area contributed by atoms with Crippen molar-refractivity contribution in [3.05, 3.63) is 48.4 Å². The first kappa shape index (κ1) is 16.2. The predicted molar refractivity (Wildman–Crippen MR) is 95.7 cm³/mol. The average Bonchev–Trinajstić information content (AvgIpc) is 2.93. The fourth-order valence-electron chi connectivity index (χ4n) is 2.79. The summed E-state index contributed by atoms with van der Waals surface area (Å²) >= 11 is 0. The van der Waals surface area contributed by atoms with E-state index in [1.54, 1.807) is 31.4 Å². The maximum Gasteiger partial charge on any atom is 0.241 e. The molecule has 1 amide bonds. The van der Waals surface area contributed by atoms with E-state index >= 15 is 0 Å². The Morgan fingerprint density at radius 1 is 1.21 bits per heavy atom. The topological polar surface area (TPSA) is 51.0 Å². The Bertz CT molecular complexity index is 866. The van der Waals surface area contributed by atoms with Crippen molar-refractivity contribution < 1.29 is 4.79 Å². The highest BCUT2D eigenvalue weighted by Gasteiger charge is 2.15. The van der Waals surface area contributed by atoms with Crippen LogP contribution in [0.5, 0.6) is 0 Å². The van der Waals surface area contributed by atoms with Gasteiger partial charge >= 0.3 is 0 Å². The van der Waals surface area contributed by atoms with Crippen molar-refractivity contribution >= 4 is 16.8 Å². The fraction of sp³-hybridized carbons (Fsp3) is 0.316. The summed E-state index contributed by atoms with van der Waals surface area (Å²) in [6.07, 6.45) is 5.58. The van der Waals surface area contributed by atoms with Crippen molar-refractivity contribution in [1.82, 2.24) is 19.4 Å². The van der Waals surface area contributed by atoms with E-state index < -0.39 is 0 Å². The molecule has 0 unspecified atom stereocenters. The van der Waals surface area contributed by atoms with E-state index in [1.165, 1.54) is 5.56 Å². The van der Waals surface area contributed by atoms with Crippen LogP contribution in [0.25, 0.3) is 22.3 Å². The molecule has 0 N–H and O–H groups in total. The number of nitrogens with zero attached hydrogens (tertiary/aromatic N) is 4. The van der Waals surface area contributed by atoms with Gasteiger partial charge in [-0.25, -0.2) is 9.97 Å². The molecule has 0 aliphatic heterocycles. The van der Waals surface area contributed by atoms with E-state index in [1.807, 2.05) is 16.7 Å². The number of benzene rings is 1. The standard InChI is InChI=1S/C19H22N4O/c1-13(2)16-11-23(12-18(24)22(3)4)17-7-6-14(10-15(16)17)19-20-8-5-9-21-19/h5-11,13H,12H2,1-4H3. The van der Waals surface area contributed by atoms with Gasteiger partial charge in [-0.05, 0) is 35.7 Å². The Hall–Kier alpha value is -2.69. The normalized spacial score (nSPS) is 11.2. The average molecular weight is 322 g/mol. The van der Waals surface area contributed by atoms with Crippen LogP contribution >= 0.6 is 0 Å². The molecular formula is C19H22N4O. The van der Waals surface area contributed by atoms with Gasteiger partial charge in [0.1, 0.15) is 6.54 Å². The fourth-order valence-corrected chi connectivity index (χ4v) is 2.79. The maximum atomic E-state index is 12.1. The molecule has 5 nitrogen and oxygen atoms in total.